The molecular weight excluding hydrogens is 338 g/mol. The molecule has 0 radical (unpaired) electrons. The van der Waals surface area contributed by atoms with Gasteiger partial charge in [0.25, 0.3) is 0 Å². The Labute approximate surface area is 152 Å². The zero-order valence-corrected chi connectivity index (χ0v) is 15.4. The number of rotatable bonds is 6. The fourth-order valence-corrected chi connectivity index (χ4v) is 2.95. The summed E-state index contributed by atoms with van der Waals surface area (Å²) in [5.41, 5.74) is -0.199. The van der Waals surface area contributed by atoms with E-state index in [1.54, 1.807) is 51.1 Å². The van der Waals surface area contributed by atoms with Crippen molar-refractivity contribution in [2.24, 2.45) is 11.8 Å². The summed E-state index contributed by atoms with van der Waals surface area (Å²) in [5.74, 6) is -2.07. The highest BCUT2D eigenvalue weighted by atomic mass is 16.6. The van der Waals surface area contributed by atoms with Crippen molar-refractivity contribution in [1.29, 1.82) is 0 Å². The topological polar surface area (TPSA) is 102 Å². The van der Waals surface area contributed by atoms with Gasteiger partial charge in [0, 0.05) is 17.9 Å². The fraction of sp³-hybridized carbons (Fsp3) is 0.526. The van der Waals surface area contributed by atoms with Gasteiger partial charge >= 0.3 is 12.1 Å². The maximum Gasteiger partial charge on any atom is 0.407 e. The Hall–Kier alpha value is -2.41. The Bertz CT molecular complexity index is 666. The Balaban J connectivity index is 2.01. The van der Waals surface area contributed by atoms with Crippen molar-refractivity contribution in [1.82, 2.24) is 5.32 Å². The average Bonchev–Trinajstić information content (AvgIpc) is 3.26. The van der Waals surface area contributed by atoms with Gasteiger partial charge in [0.1, 0.15) is 5.60 Å². The van der Waals surface area contributed by atoms with E-state index < -0.39 is 41.6 Å². The number of hydrogen-bond donors (Lipinski definition) is 2. The maximum absolute atomic E-state index is 12.3. The molecule has 0 heterocycles. The Morgan fingerprint density at radius 3 is 2.35 bits per heavy atom. The number of aliphatic hydroxyl groups excluding tert-OH is 1. The van der Waals surface area contributed by atoms with Gasteiger partial charge in [-0.25, -0.2) is 4.79 Å². The average molecular weight is 363 g/mol. The molecule has 1 aliphatic rings. The fourth-order valence-electron chi connectivity index (χ4n) is 2.95. The van der Waals surface area contributed by atoms with Gasteiger partial charge in [-0.05, 0) is 20.8 Å². The van der Waals surface area contributed by atoms with E-state index in [-0.39, 0.29) is 12.2 Å². The Morgan fingerprint density at radius 1 is 1.19 bits per heavy atom. The molecule has 0 unspecified atom stereocenters. The molecule has 1 aromatic rings. The third kappa shape index (κ3) is 5.05. The third-order valence-electron chi connectivity index (χ3n) is 4.17. The van der Waals surface area contributed by atoms with E-state index in [4.69, 9.17) is 9.47 Å². The van der Waals surface area contributed by atoms with E-state index in [1.165, 1.54) is 7.11 Å². The number of aliphatic hydroxyl groups is 1. The van der Waals surface area contributed by atoms with Gasteiger partial charge < -0.3 is 19.9 Å². The molecule has 26 heavy (non-hydrogen) atoms. The molecule has 2 N–H and O–H groups in total. The maximum atomic E-state index is 12.3. The number of methoxy groups -OCH3 is 1. The second kappa shape index (κ2) is 7.86. The van der Waals surface area contributed by atoms with Crippen molar-refractivity contribution < 1.29 is 29.0 Å². The number of nitrogens with one attached hydrogen (secondary N) is 1. The molecule has 7 nitrogen and oxygen atoms in total. The number of carbonyl (C=O) groups excluding carboxylic acids is 3. The predicted molar refractivity (Wildman–Crippen MR) is 93.6 cm³/mol. The van der Waals surface area contributed by atoms with Crippen molar-refractivity contribution >= 4 is 17.8 Å². The summed E-state index contributed by atoms with van der Waals surface area (Å²) in [4.78, 5) is 36.1. The van der Waals surface area contributed by atoms with Gasteiger partial charge in [0.15, 0.2) is 5.78 Å². The summed E-state index contributed by atoms with van der Waals surface area (Å²) < 4.78 is 9.91. The molecule has 1 aromatic carbocycles. The van der Waals surface area contributed by atoms with Crippen molar-refractivity contribution in [3.63, 3.8) is 0 Å². The van der Waals surface area contributed by atoms with Crippen LogP contribution in [0.2, 0.25) is 0 Å². The lowest BCUT2D eigenvalue weighted by Crippen LogP contribution is -2.36. The summed E-state index contributed by atoms with van der Waals surface area (Å²) in [6.45, 7) is 5.17. The molecule has 0 bridgehead atoms. The molecular formula is C19H25NO6. The molecule has 0 saturated heterocycles. The van der Waals surface area contributed by atoms with Gasteiger partial charge in [-0.15, -0.1) is 0 Å². The lowest BCUT2D eigenvalue weighted by Gasteiger charge is -2.20. The minimum atomic E-state index is -1.08. The van der Waals surface area contributed by atoms with Crippen molar-refractivity contribution in [2.45, 2.75) is 44.9 Å². The molecule has 1 aliphatic carbocycles. The first-order valence-corrected chi connectivity index (χ1v) is 8.47. The molecule has 142 valence electrons. The minimum Gasteiger partial charge on any atom is -0.469 e. The second-order valence-corrected chi connectivity index (χ2v) is 7.36. The normalized spacial score (nSPS) is 22.9. The summed E-state index contributed by atoms with van der Waals surface area (Å²) in [7, 11) is 1.24. The van der Waals surface area contributed by atoms with Gasteiger partial charge in [-0.2, -0.15) is 0 Å². The number of Topliss-reactive ketones (excluding diaryl/α,β-unsaturated/α-hetero) is 1. The molecule has 0 spiro atoms. The molecule has 0 aromatic heterocycles. The van der Waals surface area contributed by atoms with Crippen LogP contribution in [0.3, 0.4) is 0 Å². The standard InChI is InChI=1S/C19H25NO6/c1-19(2,3)26-18(24)20-16-14(15(16)17(23)25-4)13(22)10-12(21)11-8-6-5-7-9-11/h5-9,13-16,22H,10H2,1-4H3,(H,20,24)/t13-,14+,15+,16+/m1/s1. The minimum absolute atomic E-state index is 0.144. The van der Waals surface area contributed by atoms with Crippen LogP contribution in [-0.4, -0.2) is 47.8 Å². The van der Waals surface area contributed by atoms with Crippen LogP contribution in [0.15, 0.2) is 30.3 Å². The number of alkyl carbamates (subject to hydrolysis) is 1. The van der Waals surface area contributed by atoms with Crippen LogP contribution in [0.5, 0.6) is 0 Å². The lowest BCUT2D eigenvalue weighted by molar-refractivity contribution is -0.143. The number of amides is 1. The molecule has 2 rings (SSSR count). The number of esters is 1. The van der Waals surface area contributed by atoms with Crippen LogP contribution >= 0.6 is 0 Å². The number of carbonyl (C=O) groups is 3. The van der Waals surface area contributed by atoms with E-state index in [1.807, 2.05) is 0 Å². The smallest absolute Gasteiger partial charge is 0.407 e. The predicted octanol–water partition coefficient (Wildman–Crippen LogP) is 1.93. The van der Waals surface area contributed by atoms with E-state index in [9.17, 15) is 19.5 Å². The molecule has 7 heteroatoms. The largest absolute Gasteiger partial charge is 0.469 e. The highest BCUT2D eigenvalue weighted by Crippen LogP contribution is 2.44. The van der Waals surface area contributed by atoms with E-state index in [0.29, 0.717) is 5.56 Å². The van der Waals surface area contributed by atoms with Gasteiger partial charge in [0.05, 0.1) is 25.2 Å². The van der Waals surface area contributed by atoms with E-state index in [0.717, 1.165) is 0 Å². The van der Waals surface area contributed by atoms with E-state index in [2.05, 4.69) is 5.32 Å². The van der Waals surface area contributed by atoms with E-state index >= 15 is 0 Å². The quantitative estimate of drug-likeness (QED) is 0.591. The monoisotopic (exact) mass is 363 g/mol. The van der Waals surface area contributed by atoms with Crippen LogP contribution < -0.4 is 5.32 Å². The summed E-state index contributed by atoms with van der Waals surface area (Å²) in [6, 6.07) is 7.96. The van der Waals surface area contributed by atoms with Crippen LogP contribution in [0.25, 0.3) is 0 Å². The first-order valence-electron chi connectivity index (χ1n) is 8.47. The number of ketones is 1. The summed E-state index contributed by atoms with van der Waals surface area (Å²) in [6.07, 6.45) is -1.90. The third-order valence-corrected chi connectivity index (χ3v) is 4.17. The molecule has 4 atom stereocenters. The molecule has 1 fully saturated rings. The first-order chi connectivity index (χ1) is 12.1. The van der Waals surface area contributed by atoms with Crippen LogP contribution in [0.1, 0.15) is 37.6 Å². The molecule has 1 saturated carbocycles. The Kier molecular flexibility index (Phi) is 6.02. The van der Waals surface area contributed by atoms with Gasteiger partial charge in [-0.3, -0.25) is 9.59 Å². The zero-order chi connectivity index (χ0) is 19.5. The number of hydrogen-bond acceptors (Lipinski definition) is 6. The van der Waals surface area contributed by atoms with Crippen LogP contribution in [-0.2, 0) is 14.3 Å². The van der Waals surface area contributed by atoms with Crippen molar-refractivity contribution in [3.05, 3.63) is 35.9 Å². The number of benzene rings is 1. The summed E-state index contributed by atoms with van der Waals surface area (Å²) in [5, 5.41) is 13.0. The molecule has 1 amide bonds. The SMILES string of the molecule is COC(=O)[C@@H]1[C@@H](NC(=O)OC(C)(C)C)[C@H]1[C@H](O)CC(=O)c1ccccc1. The van der Waals surface area contributed by atoms with Crippen molar-refractivity contribution in [2.75, 3.05) is 7.11 Å². The van der Waals surface area contributed by atoms with Crippen LogP contribution in [0.4, 0.5) is 4.79 Å². The Morgan fingerprint density at radius 2 is 1.81 bits per heavy atom. The van der Waals surface area contributed by atoms with Crippen LogP contribution in [0, 0.1) is 11.8 Å². The second-order valence-electron chi connectivity index (χ2n) is 7.36. The highest BCUT2D eigenvalue weighted by Gasteiger charge is 2.60. The lowest BCUT2D eigenvalue weighted by atomic mass is 10.0. The molecule has 0 aliphatic heterocycles. The number of ether oxygens (including phenoxy) is 2. The van der Waals surface area contributed by atoms with Gasteiger partial charge in [0.2, 0.25) is 0 Å². The van der Waals surface area contributed by atoms with Gasteiger partial charge in [-0.1, -0.05) is 30.3 Å². The highest BCUT2D eigenvalue weighted by molar-refractivity contribution is 5.96. The van der Waals surface area contributed by atoms with Crippen molar-refractivity contribution in [3.8, 4) is 0 Å². The first kappa shape index (κ1) is 19.9. The zero-order valence-electron chi connectivity index (χ0n) is 15.4. The summed E-state index contributed by atoms with van der Waals surface area (Å²) >= 11 is 0.